The van der Waals surface area contributed by atoms with Gasteiger partial charge in [0.2, 0.25) is 0 Å². The largest absolute Gasteiger partial charge is 0.469 e. The number of rotatable bonds is 20. The van der Waals surface area contributed by atoms with Crippen LogP contribution in [-0.4, -0.2) is 48.7 Å². The van der Waals surface area contributed by atoms with E-state index in [1.165, 1.54) is 39.2 Å². The van der Waals surface area contributed by atoms with Crippen LogP contribution < -0.4 is 0 Å². The number of hydrogen-bond acceptors (Lipinski definition) is 5. The van der Waals surface area contributed by atoms with Crippen molar-refractivity contribution in [2.24, 2.45) is 0 Å². The van der Waals surface area contributed by atoms with Crippen molar-refractivity contribution in [3.63, 3.8) is 0 Å². The highest BCUT2D eigenvalue weighted by Crippen LogP contribution is 2.18. The van der Waals surface area contributed by atoms with Gasteiger partial charge in [-0.15, -0.1) is 0 Å². The van der Waals surface area contributed by atoms with E-state index in [-0.39, 0.29) is 18.7 Å². The lowest BCUT2D eigenvalue weighted by molar-refractivity contribution is -0.140. The van der Waals surface area contributed by atoms with E-state index >= 15 is 0 Å². The molecule has 0 aliphatic carbocycles. The molecule has 0 aromatic rings. The van der Waals surface area contributed by atoms with E-state index in [1.54, 1.807) is 0 Å². The molecule has 0 aliphatic rings. The first-order valence-corrected chi connectivity index (χ1v) is 11.1. The van der Waals surface area contributed by atoms with E-state index in [9.17, 15) is 9.90 Å². The molecular weight excluding hydrogens is 344 g/mol. The predicted molar refractivity (Wildman–Crippen MR) is 110 cm³/mol. The summed E-state index contributed by atoms with van der Waals surface area (Å²) < 4.78 is 10.5. The third-order valence-corrected chi connectivity index (χ3v) is 5.01. The van der Waals surface area contributed by atoms with E-state index < -0.39 is 6.10 Å². The number of carbonyl (C=O) groups excluding carboxylic acids is 1. The van der Waals surface area contributed by atoms with Crippen molar-refractivity contribution < 1.29 is 24.5 Å². The maximum absolute atomic E-state index is 11.1. The highest BCUT2D eigenvalue weighted by molar-refractivity contribution is 5.68. The zero-order valence-corrected chi connectivity index (χ0v) is 17.8. The molecule has 0 radical (unpaired) electrons. The first-order valence-electron chi connectivity index (χ1n) is 11.1. The third kappa shape index (κ3) is 17.2. The van der Waals surface area contributed by atoms with Gasteiger partial charge in [0.25, 0.3) is 0 Å². The van der Waals surface area contributed by atoms with E-state index in [0.29, 0.717) is 19.4 Å². The van der Waals surface area contributed by atoms with Crippen molar-refractivity contribution in [1.82, 2.24) is 0 Å². The number of hydrogen-bond donors (Lipinski definition) is 2. The average Bonchev–Trinajstić information content (AvgIpc) is 2.68. The van der Waals surface area contributed by atoms with Gasteiger partial charge in [-0.3, -0.25) is 4.79 Å². The lowest BCUT2D eigenvalue weighted by atomic mass is 9.99. The molecule has 162 valence electrons. The van der Waals surface area contributed by atoms with Gasteiger partial charge >= 0.3 is 5.97 Å². The zero-order valence-electron chi connectivity index (χ0n) is 17.8. The van der Waals surface area contributed by atoms with Crippen LogP contribution in [0.2, 0.25) is 0 Å². The molecule has 0 fully saturated rings. The Labute approximate surface area is 166 Å². The Bertz CT molecular complexity index is 322. The molecule has 5 nitrogen and oxygen atoms in total. The predicted octanol–water partition coefficient (Wildman–Crippen LogP) is 4.77. The number of esters is 1. The minimum atomic E-state index is -0.408. The summed E-state index contributed by atoms with van der Waals surface area (Å²) in [6.07, 6.45) is 14.7. The van der Waals surface area contributed by atoms with Crippen LogP contribution in [0.25, 0.3) is 0 Å². The van der Waals surface area contributed by atoms with Gasteiger partial charge in [-0.25, -0.2) is 0 Å². The van der Waals surface area contributed by atoms with Crippen molar-refractivity contribution in [2.45, 2.75) is 115 Å². The van der Waals surface area contributed by atoms with Crippen LogP contribution in [0.3, 0.4) is 0 Å². The number of unbranched alkanes of at least 4 members (excludes halogenated alkanes) is 9. The smallest absolute Gasteiger partial charge is 0.305 e. The summed E-state index contributed by atoms with van der Waals surface area (Å²) in [4.78, 5) is 11.1. The quantitative estimate of drug-likeness (QED) is 0.232. The highest BCUT2D eigenvalue weighted by Gasteiger charge is 2.19. The van der Waals surface area contributed by atoms with Gasteiger partial charge in [-0.1, -0.05) is 71.1 Å². The Morgan fingerprint density at radius 2 is 1.44 bits per heavy atom. The highest BCUT2D eigenvalue weighted by atomic mass is 16.5. The van der Waals surface area contributed by atoms with Crippen LogP contribution in [0.15, 0.2) is 0 Å². The van der Waals surface area contributed by atoms with Crippen molar-refractivity contribution in [3.8, 4) is 0 Å². The molecular formula is C22H44O5. The number of aliphatic hydroxyl groups excluding tert-OH is 2. The first-order chi connectivity index (χ1) is 13.2. The standard InChI is InChI=1S/C22H44O5/c1-3-4-5-6-8-11-15-20(24)21(27-19-14-18-23)16-12-9-7-10-13-17-22(25)26-2/h20-21,23-24H,3-19H2,1-2H3. The summed E-state index contributed by atoms with van der Waals surface area (Å²) in [5.74, 6) is -0.134. The normalized spacial score (nSPS) is 13.5. The van der Waals surface area contributed by atoms with Gasteiger partial charge in [0, 0.05) is 19.6 Å². The van der Waals surface area contributed by atoms with Crippen LogP contribution in [0.5, 0.6) is 0 Å². The Morgan fingerprint density at radius 3 is 2.07 bits per heavy atom. The van der Waals surface area contributed by atoms with Crippen molar-refractivity contribution in [2.75, 3.05) is 20.3 Å². The van der Waals surface area contributed by atoms with Gasteiger partial charge in [0.1, 0.15) is 0 Å². The van der Waals surface area contributed by atoms with Gasteiger partial charge < -0.3 is 19.7 Å². The Hall–Kier alpha value is -0.650. The third-order valence-electron chi connectivity index (χ3n) is 5.01. The first kappa shape index (κ1) is 26.4. The van der Waals surface area contributed by atoms with Gasteiger partial charge in [0.15, 0.2) is 0 Å². The number of methoxy groups -OCH3 is 1. The molecule has 27 heavy (non-hydrogen) atoms. The fraction of sp³-hybridized carbons (Fsp3) is 0.955. The summed E-state index contributed by atoms with van der Waals surface area (Å²) >= 11 is 0. The Morgan fingerprint density at radius 1 is 0.852 bits per heavy atom. The van der Waals surface area contributed by atoms with Crippen LogP contribution >= 0.6 is 0 Å². The maximum Gasteiger partial charge on any atom is 0.305 e. The second-order valence-corrected chi connectivity index (χ2v) is 7.49. The molecule has 2 unspecified atom stereocenters. The molecule has 0 heterocycles. The average molecular weight is 389 g/mol. The fourth-order valence-corrected chi connectivity index (χ4v) is 3.25. The molecule has 0 aromatic carbocycles. The number of ether oxygens (including phenoxy) is 2. The molecule has 5 heteroatoms. The number of aliphatic hydroxyl groups is 2. The molecule has 2 atom stereocenters. The molecule has 0 spiro atoms. The summed E-state index contributed by atoms with van der Waals surface area (Å²) in [7, 11) is 1.43. The SMILES string of the molecule is CCCCCCCCC(O)C(CCCCCCCC(=O)OC)OCCCO. The topological polar surface area (TPSA) is 76.0 Å². The zero-order chi connectivity index (χ0) is 20.2. The van der Waals surface area contributed by atoms with E-state index in [0.717, 1.165) is 51.4 Å². The second kappa shape index (κ2) is 20.1. The molecule has 0 bridgehead atoms. The monoisotopic (exact) mass is 388 g/mol. The summed E-state index contributed by atoms with van der Waals surface area (Å²) in [6, 6.07) is 0. The van der Waals surface area contributed by atoms with Gasteiger partial charge in [0.05, 0.1) is 19.3 Å². The van der Waals surface area contributed by atoms with Crippen LogP contribution in [0, 0.1) is 0 Å². The Kier molecular flexibility index (Phi) is 19.6. The number of carbonyl (C=O) groups is 1. The molecule has 2 N–H and O–H groups in total. The van der Waals surface area contributed by atoms with Crippen molar-refractivity contribution in [1.29, 1.82) is 0 Å². The van der Waals surface area contributed by atoms with Crippen LogP contribution in [0.4, 0.5) is 0 Å². The lowest BCUT2D eigenvalue weighted by Gasteiger charge is -2.23. The van der Waals surface area contributed by atoms with E-state index in [1.807, 2.05) is 0 Å². The molecule has 0 saturated carbocycles. The van der Waals surface area contributed by atoms with E-state index in [4.69, 9.17) is 9.84 Å². The Balaban J connectivity index is 3.92. The molecule has 0 aromatic heterocycles. The van der Waals surface area contributed by atoms with Crippen molar-refractivity contribution >= 4 is 5.97 Å². The van der Waals surface area contributed by atoms with Gasteiger partial charge in [-0.2, -0.15) is 0 Å². The minimum Gasteiger partial charge on any atom is -0.469 e. The maximum atomic E-state index is 11.1. The fourth-order valence-electron chi connectivity index (χ4n) is 3.25. The van der Waals surface area contributed by atoms with Crippen molar-refractivity contribution in [3.05, 3.63) is 0 Å². The summed E-state index contributed by atoms with van der Waals surface area (Å²) in [5.41, 5.74) is 0. The van der Waals surface area contributed by atoms with Gasteiger partial charge in [-0.05, 0) is 25.7 Å². The van der Waals surface area contributed by atoms with E-state index in [2.05, 4.69) is 11.7 Å². The van der Waals surface area contributed by atoms with Crippen LogP contribution in [-0.2, 0) is 14.3 Å². The van der Waals surface area contributed by atoms with Crippen LogP contribution in [0.1, 0.15) is 103 Å². The molecule has 0 saturated heterocycles. The molecule has 0 aliphatic heterocycles. The second-order valence-electron chi connectivity index (χ2n) is 7.49. The molecule has 0 rings (SSSR count). The summed E-state index contributed by atoms with van der Waals surface area (Å²) in [5, 5.41) is 19.4. The lowest BCUT2D eigenvalue weighted by Crippen LogP contribution is -2.29. The minimum absolute atomic E-state index is 0.123. The molecule has 0 amide bonds. The summed E-state index contributed by atoms with van der Waals surface area (Å²) in [6.45, 7) is 2.85.